The van der Waals surface area contributed by atoms with Crippen molar-refractivity contribution in [3.8, 4) is 6.07 Å². The Morgan fingerprint density at radius 3 is 2.54 bits per heavy atom. The molecule has 0 amide bonds. The van der Waals surface area contributed by atoms with E-state index >= 15 is 0 Å². The van der Waals surface area contributed by atoms with Crippen molar-refractivity contribution in [2.75, 3.05) is 13.6 Å². The monoisotopic (exact) mass is 182 g/mol. The van der Waals surface area contributed by atoms with E-state index in [4.69, 9.17) is 5.26 Å². The van der Waals surface area contributed by atoms with Crippen molar-refractivity contribution in [3.63, 3.8) is 0 Å². The molecule has 0 aliphatic carbocycles. The molecule has 0 aromatic rings. The molecule has 13 heavy (non-hydrogen) atoms. The van der Waals surface area contributed by atoms with Gasteiger partial charge in [0.1, 0.15) is 0 Å². The maximum Gasteiger partial charge on any atom is 0.0638 e. The minimum absolute atomic E-state index is 0.409. The van der Waals surface area contributed by atoms with Gasteiger partial charge in [0.05, 0.1) is 12.5 Å². The summed E-state index contributed by atoms with van der Waals surface area (Å²) in [5.74, 6) is 0. The third-order valence-electron chi connectivity index (χ3n) is 2.50. The largest absolute Gasteiger partial charge is 0.303 e. The molecule has 0 saturated carbocycles. The molecule has 1 atom stereocenters. The van der Waals surface area contributed by atoms with E-state index in [2.05, 4.69) is 31.9 Å². The van der Waals surface area contributed by atoms with E-state index in [1.807, 2.05) is 0 Å². The van der Waals surface area contributed by atoms with Crippen LogP contribution in [0, 0.1) is 11.3 Å². The lowest BCUT2D eigenvalue weighted by Gasteiger charge is -2.22. The van der Waals surface area contributed by atoms with Gasteiger partial charge in [-0.15, -0.1) is 0 Å². The fourth-order valence-electron chi connectivity index (χ4n) is 1.30. The standard InChI is InChI=1S/C11H22N2/c1-4-5-6-7-10-13(3)11(2)8-9-12/h11H,4-8,10H2,1-3H3. The summed E-state index contributed by atoms with van der Waals surface area (Å²) in [7, 11) is 2.11. The molecule has 0 bridgehead atoms. The summed E-state index contributed by atoms with van der Waals surface area (Å²) < 4.78 is 0. The fraction of sp³-hybridized carbons (Fsp3) is 0.909. The Balaban J connectivity index is 3.39. The van der Waals surface area contributed by atoms with Crippen LogP contribution in [0.3, 0.4) is 0 Å². The fourth-order valence-corrected chi connectivity index (χ4v) is 1.30. The van der Waals surface area contributed by atoms with E-state index in [0.717, 1.165) is 6.54 Å². The van der Waals surface area contributed by atoms with Gasteiger partial charge in [0, 0.05) is 6.04 Å². The Hall–Kier alpha value is -0.550. The van der Waals surface area contributed by atoms with Crippen LogP contribution in [0.5, 0.6) is 0 Å². The van der Waals surface area contributed by atoms with Gasteiger partial charge >= 0.3 is 0 Å². The summed E-state index contributed by atoms with van der Waals surface area (Å²) in [5, 5.41) is 8.52. The van der Waals surface area contributed by atoms with Crippen LogP contribution >= 0.6 is 0 Å². The Labute approximate surface area is 82.5 Å². The van der Waals surface area contributed by atoms with Crippen molar-refractivity contribution in [1.82, 2.24) is 4.90 Å². The lowest BCUT2D eigenvalue weighted by molar-refractivity contribution is 0.254. The highest BCUT2D eigenvalue weighted by molar-refractivity contribution is 4.78. The summed E-state index contributed by atoms with van der Waals surface area (Å²) in [5.41, 5.74) is 0. The van der Waals surface area contributed by atoms with Gasteiger partial charge in [0.15, 0.2) is 0 Å². The summed E-state index contributed by atoms with van der Waals surface area (Å²) >= 11 is 0. The van der Waals surface area contributed by atoms with Crippen molar-refractivity contribution >= 4 is 0 Å². The van der Waals surface area contributed by atoms with Gasteiger partial charge < -0.3 is 4.90 Å². The molecular formula is C11H22N2. The molecule has 0 aliphatic heterocycles. The third-order valence-corrected chi connectivity index (χ3v) is 2.50. The van der Waals surface area contributed by atoms with Gasteiger partial charge in [0.2, 0.25) is 0 Å². The van der Waals surface area contributed by atoms with Crippen LogP contribution in [0.15, 0.2) is 0 Å². The van der Waals surface area contributed by atoms with Crippen molar-refractivity contribution in [3.05, 3.63) is 0 Å². The first kappa shape index (κ1) is 12.4. The van der Waals surface area contributed by atoms with Crippen LogP contribution in [-0.2, 0) is 0 Å². The first-order valence-corrected chi connectivity index (χ1v) is 5.29. The van der Waals surface area contributed by atoms with E-state index in [9.17, 15) is 0 Å². The van der Waals surface area contributed by atoms with Crippen LogP contribution in [0.4, 0.5) is 0 Å². The zero-order valence-corrected chi connectivity index (χ0v) is 9.21. The molecule has 1 unspecified atom stereocenters. The van der Waals surface area contributed by atoms with Crippen LogP contribution in [0.1, 0.15) is 46.0 Å². The molecule has 0 N–H and O–H groups in total. The molecule has 0 aliphatic rings. The highest BCUT2D eigenvalue weighted by Gasteiger charge is 2.06. The van der Waals surface area contributed by atoms with Gasteiger partial charge in [-0.1, -0.05) is 26.2 Å². The molecule has 76 valence electrons. The predicted octanol–water partition coefficient (Wildman–Crippen LogP) is 2.80. The maximum absolute atomic E-state index is 8.52. The van der Waals surface area contributed by atoms with Crippen molar-refractivity contribution in [2.24, 2.45) is 0 Å². The van der Waals surface area contributed by atoms with Gasteiger partial charge in [-0.2, -0.15) is 5.26 Å². The van der Waals surface area contributed by atoms with E-state index in [0.29, 0.717) is 12.5 Å². The Morgan fingerprint density at radius 2 is 2.00 bits per heavy atom. The zero-order chi connectivity index (χ0) is 10.1. The number of hydrogen-bond acceptors (Lipinski definition) is 2. The summed E-state index contributed by atoms with van der Waals surface area (Å²) in [6, 6.07) is 2.62. The van der Waals surface area contributed by atoms with Gasteiger partial charge in [-0.3, -0.25) is 0 Å². The quantitative estimate of drug-likeness (QED) is 0.566. The number of nitrogens with zero attached hydrogens (tertiary/aromatic N) is 2. The second kappa shape index (κ2) is 8.07. The minimum Gasteiger partial charge on any atom is -0.303 e. The molecular weight excluding hydrogens is 160 g/mol. The molecule has 0 spiro atoms. The average molecular weight is 182 g/mol. The first-order chi connectivity index (χ1) is 6.22. The second-order valence-electron chi connectivity index (χ2n) is 3.75. The smallest absolute Gasteiger partial charge is 0.0638 e. The van der Waals surface area contributed by atoms with Crippen LogP contribution in [0.25, 0.3) is 0 Å². The SMILES string of the molecule is CCCCCCN(C)C(C)CC#N. The van der Waals surface area contributed by atoms with E-state index in [-0.39, 0.29) is 0 Å². The van der Waals surface area contributed by atoms with Crippen molar-refractivity contribution < 1.29 is 0 Å². The maximum atomic E-state index is 8.52. The third kappa shape index (κ3) is 6.60. The molecule has 0 rings (SSSR count). The normalized spacial score (nSPS) is 12.8. The molecule has 2 nitrogen and oxygen atoms in total. The Morgan fingerprint density at radius 1 is 1.31 bits per heavy atom. The molecule has 2 heteroatoms. The highest BCUT2D eigenvalue weighted by atomic mass is 15.1. The van der Waals surface area contributed by atoms with Gasteiger partial charge in [-0.05, 0) is 26.9 Å². The van der Waals surface area contributed by atoms with Crippen LogP contribution < -0.4 is 0 Å². The van der Waals surface area contributed by atoms with Gasteiger partial charge in [0.25, 0.3) is 0 Å². The average Bonchev–Trinajstić information content (AvgIpc) is 2.12. The van der Waals surface area contributed by atoms with E-state index < -0.39 is 0 Å². The molecule has 0 radical (unpaired) electrons. The second-order valence-corrected chi connectivity index (χ2v) is 3.75. The van der Waals surface area contributed by atoms with E-state index in [1.165, 1.54) is 25.7 Å². The lowest BCUT2D eigenvalue weighted by Crippen LogP contribution is -2.29. The molecule has 0 heterocycles. The summed E-state index contributed by atoms with van der Waals surface area (Å²) in [6.45, 7) is 5.47. The zero-order valence-electron chi connectivity index (χ0n) is 9.21. The first-order valence-electron chi connectivity index (χ1n) is 5.29. The van der Waals surface area contributed by atoms with Gasteiger partial charge in [-0.25, -0.2) is 0 Å². The summed E-state index contributed by atoms with van der Waals surface area (Å²) in [4.78, 5) is 2.28. The molecule has 0 saturated heterocycles. The number of unbranched alkanes of at least 4 members (excludes halogenated alkanes) is 3. The Kier molecular flexibility index (Phi) is 7.73. The lowest BCUT2D eigenvalue weighted by atomic mass is 10.1. The number of rotatable bonds is 7. The predicted molar refractivity (Wildman–Crippen MR) is 56.5 cm³/mol. The number of nitriles is 1. The highest BCUT2D eigenvalue weighted by Crippen LogP contribution is 2.04. The molecule has 0 aromatic carbocycles. The van der Waals surface area contributed by atoms with Crippen molar-refractivity contribution in [2.45, 2.75) is 52.0 Å². The minimum atomic E-state index is 0.409. The topological polar surface area (TPSA) is 27.0 Å². The summed E-state index contributed by atoms with van der Waals surface area (Å²) in [6.07, 6.45) is 5.85. The Bertz CT molecular complexity index is 149. The van der Waals surface area contributed by atoms with Crippen LogP contribution in [0.2, 0.25) is 0 Å². The van der Waals surface area contributed by atoms with Crippen LogP contribution in [-0.4, -0.2) is 24.5 Å². The number of hydrogen-bond donors (Lipinski definition) is 0. The van der Waals surface area contributed by atoms with E-state index in [1.54, 1.807) is 0 Å². The molecule has 0 fully saturated rings. The molecule has 0 aromatic heterocycles. The van der Waals surface area contributed by atoms with Crippen molar-refractivity contribution in [1.29, 1.82) is 5.26 Å².